The van der Waals surface area contributed by atoms with Crippen LogP contribution >= 0.6 is 0 Å². The van der Waals surface area contributed by atoms with E-state index in [1.165, 1.54) is 0 Å². The monoisotopic (exact) mass is 225 g/mol. The molecule has 0 bridgehead atoms. The van der Waals surface area contributed by atoms with Crippen LogP contribution in [0, 0.1) is 0 Å². The predicted molar refractivity (Wildman–Crippen MR) is 51.4 cm³/mol. The van der Waals surface area contributed by atoms with Gasteiger partial charge in [0, 0.05) is 26.7 Å². The van der Waals surface area contributed by atoms with Crippen molar-refractivity contribution in [2.24, 2.45) is 0 Å². The minimum Gasteiger partial charge on any atom is -0.381 e. The van der Waals surface area contributed by atoms with Crippen molar-refractivity contribution < 1.29 is 17.0 Å². The number of piperidine rings is 1. The van der Waals surface area contributed by atoms with Crippen molar-refractivity contribution in [3.8, 4) is 0 Å². The van der Waals surface area contributed by atoms with E-state index in [9.17, 15) is 12.3 Å². The standard InChI is InChI=1S/C8H16FNO3S/c1-13-8-2-4-10(5-3-8)6-7-14(9,11)12/h8H,2-7H2,1H3. The molecule has 0 spiro atoms. The maximum absolute atomic E-state index is 12.2. The third-order valence-electron chi connectivity index (χ3n) is 2.52. The summed E-state index contributed by atoms with van der Waals surface area (Å²) in [5, 5.41) is 0. The zero-order valence-corrected chi connectivity index (χ0v) is 9.09. The van der Waals surface area contributed by atoms with Gasteiger partial charge in [0.15, 0.2) is 0 Å². The topological polar surface area (TPSA) is 46.6 Å². The Morgan fingerprint density at radius 2 is 2.00 bits per heavy atom. The lowest BCUT2D eigenvalue weighted by atomic mass is 10.1. The van der Waals surface area contributed by atoms with Crippen LogP contribution in [0.2, 0.25) is 0 Å². The highest BCUT2D eigenvalue weighted by Gasteiger charge is 2.19. The van der Waals surface area contributed by atoms with Gasteiger partial charge in [-0.15, -0.1) is 3.89 Å². The number of hydrogen-bond acceptors (Lipinski definition) is 4. The quantitative estimate of drug-likeness (QED) is 0.650. The van der Waals surface area contributed by atoms with E-state index >= 15 is 0 Å². The van der Waals surface area contributed by atoms with E-state index in [0.717, 1.165) is 25.9 Å². The molecule has 1 aliphatic rings. The van der Waals surface area contributed by atoms with Crippen LogP contribution in [-0.2, 0) is 15.0 Å². The molecule has 0 aromatic carbocycles. The van der Waals surface area contributed by atoms with Crippen LogP contribution in [0.4, 0.5) is 3.89 Å². The average molecular weight is 225 g/mol. The summed E-state index contributed by atoms with van der Waals surface area (Å²) in [6.45, 7) is 1.86. The van der Waals surface area contributed by atoms with Crippen LogP contribution in [0.5, 0.6) is 0 Å². The van der Waals surface area contributed by atoms with Gasteiger partial charge in [0.1, 0.15) is 0 Å². The second kappa shape index (κ2) is 5.04. The molecule has 0 unspecified atom stereocenters. The number of methoxy groups -OCH3 is 1. The Hall–Kier alpha value is -0.200. The maximum atomic E-state index is 12.2. The summed E-state index contributed by atoms with van der Waals surface area (Å²) in [4.78, 5) is 1.95. The van der Waals surface area contributed by atoms with Crippen LogP contribution in [-0.4, -0.2) is 51.9 Å². The zero-order valence-electron chi connectivity index (χ0n) is 8.28. The summed E-state index contributed by atoms with van der Waals surface area (Å²) in [5.74, 6) is -0.398. The first kappa shape index (κ1) is 11.9. The van der Waals surface area contributed by atoms with Gasteiger partial charge in [0.2, 0.25) is 0 Å². The summed E-state index contributed by atoms with van der Waals surface area (Å²) in [6.07, 6.45) is 2.05. The first-order valence-electron chi connectivity index (χ1n) is 4.69. The number of ether oxygens (including phenoxy) is 1. The highest BCUT2D eigenvalue weighted by molar-refractivity contribution is 7.86. The molecule has 6 heteroatoms. The summed E-state index contributed by atoms with van der Waals surface area (Å²) in [6, 6.07) is 0. The Kier molecular flexibility index (Phi) is 4.28. The van der Waals surface area contributed by atoms with Gasteiger partial charge >= 0.3 is 10.2 Å². The zero-order chi connectivity index (χ0) is 10.6. The Labute approximate surface area is 84.2 Å². The molecular weight excluding hydrogens is 209 g/mol. The Balaban J connectivity index is 2.23. The molecule has 1 heterocycles. The molecule has 84 valence electrons. The van der Waals surface area contributed by atoms with Gasteiger partial charge in [0.25, 0.3) is 0 Å². The van der Waals surface area contributed by atoms with E-state index in [4.69, 9.17) is 4.74 Å². The highest BCUT2D eigenvalue weighted by Crippen LogP contribution is 2.12. The summed E-state index contributed by atoms with van der Waals surface area (Å²) >= 11 is 0. The average Bonchev–Trinajstić information content (AvgIpc) is 2.14. The van der Waals surface area contributed by atoms with Gasteiger partial charge in [-0.25, -0.2) is 0 Å². The van der Waals surface area contributed by atoms with E-state index < -0.39 is 16.0 Å². The molecule has 0 aliphatic carbocycles. The second-order valence-electron chi connectivity index (χ2n) is 3.52. The van der Waals surface area contributed by atoms with Crippen molar-refractivity contribution in [2.75, 3.05) is 32.5 Å². The van der Waals surface area contributed by atoms with Gasteiger partial charge in [-0.05, 0) is 12.8 Å². The molecule has 0 aromatic heterocycles. The van der Waals surface area contributed by atoms with Crippen LogP contribution in [0.1, 0.15) is 12.8 Å². The van der Waals surface area contributed by atoms with E-state index in [1.54, 1.807) is 7.11 Å². The Bertz CT molecular complexity index is 260. The number of rotatable bonds is 4. The predicted octanol–water partition coefficient (Wildman–Crippen LogP) is 0.397. The molecule has 0 amide bonds. The van der Waals surface area contributed by atoms with Crippen molar-refractivity contribution >= 4 is 10.2 Å². The normalized spacial score (nSPS) is 21.3. The van der Waals surface area contributed by atoms with Gasteiger partial charge < -0.3 is 9.64 Å². The minimum absolute atomic E-state index is 0.272. The second-order valence-corrected chi connectivity index (χ2v) is 5.01. The Morgan fingerprint density at radius 3 is 2.43 bits per heavy atom. The fraction of sp³-hybridized carbons (Fsp3) is 1.00. The summed E-state index contributed by atoms with van der Waals surface area (Å²) < 4.78 is 37.9. The smallest absolute Gasteiger partial charge is 0.303 e. The van der Waals surface area contributed by atoms with E-state index in [1.807, 2.05) is 4.90 Å². The molecule has 1 aliphatic heterocycles. The molecular formula is C8H16FNO3S. The summed E-state index contributed by atoms with van der Waals surface area (Å²) in [5.41, 5.74) is 0. The minimum atomic E-state index is -4.32. The van der Waals surface area contributed by atoms with Crippen LogP contribution < -0.4 is 0 Å². The van der Waals surface area contributed by atoms with E-state index in [-0.39, 0.29) is 12.6 Å². The van der Waals surface area contributed by atoms with Crippen LogP contribution in [0.3, 0.4) is 0 Å². The first-order valence-corrected chi connectivity index (χ1v) is 6.24. The fourth-order valence-corrected chi connectivity index (χ4v) is 2.08. The number of likely N-dealkylation sites (tertiary alicyclic amines) is 1. The van der Waals surface area contributed by atoms with Crippen molar-refractivity contribution in [1.29, 1.82) is 0 Å². The number of hydrogen-bond donors (Lipinski definition) is 0. The van der Waals surface area contributed by atoms with Gasteiger partial charge in [-0.2, -0.15) is 8.42 Å². The largest absolute Gasteiger partial charge is 0.381 e. The molecule has 4 nitrogen and oxygen atoms in total. The molecule has 0 N–H and O–H groups in total. The van der Waals surface area contributed by atoms with Crippen molar-refractivity contribution in [1.82, 2.24) is 4.90 Å². The fourth-order valence-electron chi connectivity index (χ4n) is 1.61. The molecule has 1 fully saturated rings. The third kappa shape index (κ3) is 4.34. The summed E-state index contributed by atoms with van der Waals surface area (Å²) in [7, 11) is -2.64. The molecule has 1 saturated heterocycles. The highest BCUT2D eigenvalue weighted by atomic mass is 32.3. The van der Waals surface area contributed by atoms with Crippen LogP contribution in [0.25, 0.3) is 0 Å². The van der Waals surface area contributed by atoms with Crippen molar-refractivity contribution in [2.45, 2.75) is 18.9 Å². The third-order valence-corrected chi connectivity index (χ3v) is 3.19. The molecule has 0 radical (unpaired) electrons. The molecule has 0 aromatic rings. The number of nitrogens with zero attached hydrogens (tertiary/aromatic N) is 1. The molecule has 1 rings (SSSR count). The lowest BCUT2D eigenvalue weighted by Gasteiger charge is -2.30. The first-order chi connectivity index (χ1) is 6.51. The van der Waals surface area contributed by atoms with Crippen LogP contribution in [0.15, 0.2) is 0 Å². The van der Waals surface area contributed by atoms with Gasteiger partial charge in [0.05, 0.1) is 11.9 Å². The van der Waals surface area contributed by atoms with Crippen molar-refractivity contribution in [3.05, 3.63) is 0 Å². The molecule has 14 heavy (non-hydrogen) atoms. The maximum Gasteiger partial charge on any atom is 0.303 e. The lowest BCUT2D eigenvalue weighted by molar-refractivity contribution is 0.0429. The SMILES string of the molecule is COC1CCN(CCS(=O)(=O)F)CC1. The van der Waals surface area contributed by atoms with Gasteiger partial charge in [-0.3, -0.25) is 0 Å². The lowest BCUT2D eigenvalue weighted by Crippen LogP contribution is -2.38. The molecule has 0 atom stereocenters. The van der Waals surface area contributed by atoms with Gasteiger partial charge in [-0.1, -0.05) is 0 Å². The molecule has 0 saturated carbocycles. The van der Waals surface area contributed by atoms with Crippen molar-refractivity contribution in [3.63, 3.8) is 0 Å². The Morgan fingerprint density at radius 1 is 1.43 bits per heavy atom. The van der Waals surface area contributed by atoms with E-state index in [0.29, 0.717) is 0 Å². The van der Waals surface area contributed by atoms with E-state index in [2.05, 4.69) is 0 Å². The number of halogens is 1.